The minimum atomic E-state index is -1.49. The molecular weight excluding hydrogens is 346 g/mol. The summed E-state index contributed by atoms with van der Waals surface area (Å²) in [7, 11) is 0. The summed E-state index contributed by atoms with van der Waals surface area (Å²) in [4.78, 5) is 22.8. The second kappa shape index (κ2) is 6.27. The molecule has 0 spiro atoms. The second-order valence-corrected chi connectivity index (χ2v) is 6.30. The number of hydrazone groups is 1. The minimum absolute atomic E-state index is 0.116. The monoisotopic (exact) mass is 359 g/mol. The third kappa shape index (κ3) is 3.38. The molecule has 1 N–H and O–H groups in total. The maximum atomic E-state index is 12.6. The Morgan fingerprint density at radius 1 is 1.24 bits per heavy atom. The van der Waals surface area contributed by atoms with Gasteiger partial charge in [0, 0.05) is 29.1 Å². The van der Waals surface area contributed by atoms with Crippen molar-refractivity contribution in [1.29, 1.82) is 0 Å². The first kappa shape index (κ1) is 17.1. The number of nitro benzene ring substituents is 1. The Bertz CT molecular complexity index is 860. The largest absolute Gasteiger partial charge is 0.369 e. The molecule has 1 aliphatic rings. The predicted octanol–water partition coefficient (Wildman–Crippen LogP) is 3.21. The Morgan fingerprint density at radius 3 is 2.40 bits per heavy atom. The van der Waals surface area contributed by atoms with Gasteiger partial charge in [-0.3, -0.25) is 14.9 Å². The van der Waals surface area contributed by atoms with Gasteiger partial charge in [-0.1, -0.05) is 23.7 Å². The molecule has 3 rings (SSSR count). The molecule has 0 unspecified atom stereocenters. The van der Waals surface area contributed by atoms with Crippen molar-refractivity contribution in [2.24, 2.45) is 5.10 Å². The van der Waals surface area contributed by atoms with E-state index in [1.54, 1.807) is 24.3 Å². The van der Waals surface area contributed by atoms with E-state index in [2.05, 4.69) is 5.10 Å². The molecule has 1 atom stereocenters. The number of aliphatic hydroxyl groups is 1. The molecule has 25 heavy (non-hydrogen) atoms. The zero-order valence-electron chi connectivity index (χ0n) is 13.2. The summed E-state index contributed by atoms with van der Waals surface area (Å²) in [6, 6.07) is 12.1. The van der Waals surface area contributed by atoms with Crippen molar-refractivity contribution in [3.63, 3.8) is 0 Å². The molecule has 0 aromatic heterocycles. The lowest BCUT2D eigenvalue weighted by Crippen LogP contribution is -2.43. The van der Waals surface area contributed by atoms with E-state index in [9.17, 15) is 20.0 Å². The number of carbonyl (C=O) groups is 1. The molecule has 1 amide bonds. The fourth-order valence-electron chi connectivity index (χ4n) is 2.57. The molecule has 0 fully saturated rings. The van der Waals surface area contributed by atoms with Crippen molar-refractivity contribution in [3.8, 4) is 0 Å². The standard InChI is InChI=1S/C17H14ClN3O4/c1-17(23)10-15(11-2-6-13(18)7-3-11)19-20(17)16(22)12-4-8-14(9-5-12)21(24)25/h2-9,23H,10H2,1H3/t17-/m0/s1. The third-order valence-corrected chi connectivity index (χ3v) is 4.13. The van der Waals surface area contributed by atoms with Gasteiger partial charge in [-0.05, 0) is 36.8 Å². The zero-order valence-corrected chi connectivity index (χ0v) is 14.0. The molecule has 2 aromatic carbocycles. The number of nitro groups is 1. The van der Waals surface area contributed by atoms with Gasteiger partial charge in [-0.25, -0.2) is 0 Å². The minimum Gasteiger partial charge on any atom is -0.369 e. The molecule has 7 nitrogen and oxygen atoms in total. The van der Waals surface area contributed by atoms with E-state index >= 15 is 0 Å². The van der Waals surface area contributed by atoms with E-state index in [4.69, 9.17) is 11.6 Å². The number of rotatable bonds is 3. The Hall–Kier alpha value is -2.77. The predicted molar refractivity (Wildman–Crippen MR) is 92.5 cm³/mol. The summed E-state index contributed by atoms with van der Waals surface area (Å²) >= 11 is 5.87. The van der Waals surface area contributed by atoms with Crippen LogP contribution in [-0.4, -0.2) is 32.4 Å². The van der Waals surface area contributed by atoms with Crippen LogP contribution in [0, 0.1) is 10.1 Å². The van der Waals surface area contributed by atoms with Crippen LogP contribution in [0.1, 0.15) is 29.3 Å². The lowest BCUT2D eigenvalue weighted by atomic mass is 10.0. The van der Waals surface area contributed by atoms with Crippen LogP contribution >= 0.6 is 11.6 Å². The van der Waals surface area contributed by atoms with Gasteiger partial charge in [0.25, 0.3) is 11.6 Å². The maximum absolute atomic E-state index is 12.6. The summed E-state index contributed by atoms with van der Waals surface area (Å²) in [6.45, 7) is 1.49. The fraction of sp³-hybridized carbons (Fsp3) is 0.176. The first-order chi connectivity index (χ1) is 11.8. The number of non-ortho nitro benzene ring substituents is 1. The Balaban J connectivity index is 1.90. The molecule has 0 saturated heterocycles. The van der Waals surface area contributed by atoms with E-state index in [-0.39, 0.29) is 17.7 Å². The summed E-state index contributed by atoms with van der Waals surface area (Å²) in [6.07, 6.45) is 0.160. The topological polar surface area (TPSA) is 96.0 Å². The molecule has 8 heteroatoms. The summed E-state index contributed by atoms with van der Waals surface area (Å²) in [5.74, 6) is -0.538. The summed E-state index contributed by atoms with van der Waals surface area (Å²) < 4.78 is 0. The van der Waals surface area contributed by atoms with Gasteiger partial charge in [0.2, 0.25) is 0 Å². The lowest BCUT2D eigenvalue weighted by molar-refractivity contribution is -0.384. The average molecular weight is 360 g/mol. The van der Waals surface area contributed by atoms with Crippen LogP contribution in [0.5, 0.6) is 0 Å². The van der Waals surface area contributed by atoms with Crippen molar-refractivity contribution in [1.82, 2.24) is 5.01 Å². The van der Waals surface area contributed by atoms with E-state index in [1.165, 1.54) is 31.2 Å². The van der Waals surface area contributed by atoms with Crippen molar-refractivity contribution in [2.75, 3.05) is 0 Å². The number of halogens is 1. The molecular formula is C17H14ClN3O4. The number of carbonyl (C=O) groups excluding carboxylic acids is 1. The van der Waals surface area contributed by atoms with Gasteiger partial charge in [-0.2, -0.15) is 10.1 Å². The Labute approximate surface area is 148 Å². The van der Waals surface area contributed by atoms with Crippen LogP contribution in [0.25, 0.3) is 0 Å². The molecule has 1 aliphatic heterocycles. The SMILES string of the molecule is C[C@]1(O)CC(c2ccc(Cl)cc2)=NN1C(=O)c1ccc([N+](=O)[O-])cc1. The highest BCUT2D eigenvalue weighted by molar-refractivity contribution is 6.30. The van der Waals surface area contributed by atoms with E-state index in [1.807, 2.05) is 0 Å². The highest BCUT2D eigenvalue weighted by Gasteiger charge is 2.41. The number of benzene rings is 2. The molecule has 2 aromatic rings. The van der Waals surface area contributed by atoms with Gasteiger partial charge >= 0.3 is 0 Å². The van der Waals surface area contributed by atoms with Crippen LogP contribution in [0.15, 0.2) is 53.6 Å². The van der Waals surface area contributed by atoms with Gasteiger partial charge in [0.1, 0.15) is 0 Å². The van der Waals surface area contributed by atoms with Crippen molar-refractivity contribution < 1.29 is 14.8 Å². The van der Waals surface area contributed by atoms with Crippen LogP contribution in [0.2, 0.25) is 5.02 Å². The molecule has 0 radical (unpaired) electrons. The maximum Gasteiger partial charge on any atom is 0.276 e. The number of hydrogen-bond donors (Lipinski definition) is 1. The zero-order chi connectivity index (χ0) is 18.2. The van der Waals surface area contributed by atoms with Crippen molar-refractivity contribution in [2.45, 2.75) is 19.1 Å². The van der Waals surface area contributed by atoms with Gasteiger partial charge in [0.15, 0.2) is 5.72 Å². The fourth-order valence-corrected chi connectivity index (χ4v) is 2.70. The molecule has 0 bridgehead atoms. The molecule has 0 aliphatic carbocycles. The second-order valence-electron chi connectivity index (χ2n) is 5.87. The smallest absolute Gasteiger partial charge is 0.276 e. The van der Waals surface area contributed by atoms with E-state index in [0.29, 0.717) is 10.7 Å². The lowest BCUT2D eigenvalue weighted by Gasteiger charge is -2.26. The average Bonchev–Trinajstić information content (AvgIpc) is 2.90. The summed E-state index contributed by atoms with van der Waals surface area (Å²) in [5, 5.41) is 27.1. The van der Waals surface area contributed by atoms with Gasteiger partial charge in [0.05, 0.1) is 10.6 Å². The number of nitrogens with zero attached hydrogens (tertiary/aromatic N) is 3. The molecule has 128 valence electrons. The number of hydrogen-bond acceptors (Lipinski definition) is 5. The molecule has 0 saturated carbocycles. The normalized spacial score (nSPS) is 19.6. The van der Waals surface area contributed by atoms with Crippen LogP contribution in [0.3, 0.4) is 0 Å². The quantitative estimate of drug-likeness (QED) is 0.672. The Morgan fingerprint density at radius 2 is 1.84 bits per heavy atom. The van der Waals surface area contributed by atoms with Crippen molar-refractivity contribution >= 4 is 28.9 Å². The first-order valence-corrected chi connectivity index (χ1v) is 7.80. The van der Waals surface area contributed by atoms with Gasteiger partial charge < -0.3 is 5.11 Å². The van der Waals surface area contributed by atoms with Crippen LogP contribution in [0.4, 0.5) is 5.69 Å². The molecule has 1 heterocycles. The van der Waals surface area contributed by atoms with Crippen LogP contribution < -0.4 is 0 Å². The Kier molecular flexibility index (Phi) is 4.28. The highest BCUT2D eigenvalue weighted by Crippen LogP contribution is 2.30. The van der Waals surface area contributed by atoms with Crippen molar-refractivity contribution in [3.05, 3.63) is 74.8 Å². The van der Waals surface area contributed by atoms with Gasteiger partial charge in [-0.15, -0.1) is 0 Å². The van der Waals surface area contributed by atoms with E-state index < -0.39 is 16.6 Å². The summed E-state index contributed by atoms with van der Waals surface area (Å²) in [5.41, 5.74) is -0.101. The van der Waals surface area contributed by atoms with Crippen LogP contribution in [-0.2, 0) is 0 Å². The highest BCUT2D eigenvalue weighted by atomic mass is 35.5. The van der Waals surface area contributed by atoms with E-state index in [0.717, 1.165) is 10.6 Å². The number of amides is 1. The first-order valence-electron chi connectivity index (χ1n) is 7.43. The third-order valence-electron chi connectivity index (χ3n) is 3.87.